The standard InChI is InChI=1S/C15H18F3N3O.2ClH/c16-15(17,18)11-1-2-12(20-9-11)13(22)21-7-4-14(5-8-21)3-6-19-10-14;;/h1-2,9,19H,3-8,10H2;2*1H. The van der Waals surface area contributed by atoms with Gasteiger partial charge >= 0.3 is 6.18 Å². The van der Waals surface area contributed by atoms with Crippen LogP contribution in [0.25, 0.3) is 0 Å². The molecular formula is C15H20Cl2F3N3O. The second kappa shape index (κ2) is 7.89. The zero-order valence-electron chi connectivity index (χ0n) is 12.9. The maximum Gasteiger partial charge on any atom is 0.417 e. The van der Waals surface area contributed by atoms with Crippen LogP contribution in [0.15, 0.2) is 18.3 Å². The lowest BCUT2D eigenvalue weighted by molar-refractivity contribution is -0.137. The minimum atomic E-state index is -4.43. The molecule has 2 saturated heterocycles. The Morgan fingerprint density at radius 2 is 1.83 bits per heavy atom. The smallest absolute Gasteiger partial charge is 0.337 e. The highest BCUT2D eigenvalue weighted by Gasteiger charge is 2.38. The number of carbonyl (C=O) groups excluding carboxylic acids is 1. The van der Waals surface area contributed by atoms with E-state index in [2.05, 4.69) is 10.3 Å². The van der Waals surface area contributed by atoms with Crippen molar-refractivity contribution < 1.29 is 18.0 Å². The Kier molecular flexibility index (Phi) is 6.90. The van der Waals surface area contributed by atoms with Crippen molar-refractivity contribution in [3.63, 3.8) is 0 Å². The second-order valence-corrected chi connectivity index (χ2v) is 6.15. The molecule has 0 saturated carbocycles. The highest BCUT2D eigenvalue weighted by atomic mass is 35.5. The lowest BCUT2D eigenvalue weighted by atomic mass is 9.78. The molecule has 2 aliphatic rings. The molecule has 0 bridgehead atoms. The van der Waals surface area contributed by atoms with Crippen molar-refractivity contribution in [2.75, 3.05) is 26.2 Å². The zero-order chi connectivity index (χ0) is 15.8. The maximum atomic E-state index is 12.5. The fourth-order valence-corrected chi connectivity index (χ4v) is 3.26. The number of nitrogens with zero attached hydrogens (tertiary/aromatic N) is 2. The molecule has 24 heavy (non-hydrogen) atoms. The van der Waals surface area contributed by atoms with Crippen LogP contribution in [0.2, 0.25) is 0 Å². The summed E-state index contributed by atoms with van der Waals surface area (Å²) in [5, 5.41) is 3.36. The first kappa shape index (κ1) is 21.0. The third-order valence-electron chi connectivity index (χ3n) is 4.75. The van der Waals surface area contributed by atoms with Gasteiger partial charge in [-0.05, 0) is 43.4 Å². The third kappa shape index (κ3) is 4.32. The van der Waals surface area contributed by atoms with E-state index >= 15 is 0 Å². The van der Waals surface area contributed by atoms with Crippen LogP contribution in [0.4, 0.5) is 13.2 Å². The molecule has 0 aliphatic carbocycles. The molecule has 1 amide bonds. The average molecular weight is 386 g/mol. The van der Waals surface area contributed by atoms with Crippen molar-refractivity contribution in [3.8, 4) is 0 Å². The lowest BCUT2D eigenvalue weighted by Gasteiger charge is -2.38. The molecule has 0 radical (unpaired) electrons. The Hall–Kier alpha value is -1.05. The Morgan fingerprint density at radius 1 is 1.17 bits per heavy atom. The number of hydrogen-bond donors (Lipinski definition) is 1. The summed E-state index contributed by atoms with van der Waals surface area (Å²) in [5.74, 6) is -0.283. The summed E-state index contributed by atoms with van der Waals surface area (Å²) in [6, 6.07) is 2.07. The Bertz CT molecular complexity index is 550. The van der Waals surface area contributed by atoms with Crippen molar-refractivity contribution in [2.24, 2.45) is 5.41 Å². The molecule has 3 heterocycles. The molecule has 1 N–H and O–H groups in total. The van der Waals surface area contributed by atoms with Crippen molar-refractivity contribution in [2.45, 2.75) is 25.4 Å². The summed E-state index contributed by atoms with van der Waals surface area (Å²) < 4.78 is 37.5. The van der Waals surface area contributed by atoms with E-state index in [0.717, 1.165) is 50.7 Å². The molecule has 2 fully saturated rings. The first-order valence-electron chi connectivity index (χ1n) is 7.43. The van der Waals surface area contributed by atoms with E-state index in [0.29, 0.717) is 18.5 Å². The third-order valence-corrected chi connectivity index (χ3v) is 4.75. The zero-order valence-corrected chi connectivity index (χ0v) is 14.6. The number of alkyl halides is 3. The van der Waals surface area contributed by atoms with Crippen LogP contribution < -0.4 is 5.32 Å². The number of aromatic nitrogens is 1. The molecule has 1 aromatic heterocycles. The number of pyridine rings is 1. The molecular weight excluding hydrogens is 366 g/mol. The molecule has 9 heteroatoms. The molecule has 0 aromatic carbocycles. The van der Waals surface area contributed by atoms with Crippen LogP contribution in [-0.4, -0.2) is 42.0 Å². The van der Waals surface area contributed by atoms with Crippen LogP contribution in [0.1, 0.15) is 35.3 Å². The predicted octanol–water partition coefficient (Wildman–Crippen LogP) is 3.16. The fourth-order valence-electron chi connectivity index (χ4n) is 3.26. The van der Waals surface area contributed by atoms with E-state index in [1.165, 1.54) is 0 Å². The molecule has 2 aliphatic heterocycles. The molecule has 1 aromatic rings. The van der Waals surface area contributed by atoms with Crippen molar-refractivity contribution in [1.82, 2.24) is 15.2 Å². The molecule has 1 spiro atoms. The minimum absolute atomic E-state index is 0. The van der Waals surface area contributed by atoms with E-state index in [9.17, 15) is 18.0 Å². The van der Waals surface area contributed by atoms with E-state index in [1.54, 1.807) is 4.90 Å². The number of piperidine rings is 1. The SMILES string of the molecule is Cl.Cl.O=C(c1ccc(C(F)(F)F)cn1)N1CCC2(CCNC2)CC1. The van der Waals surface area contributed by atoms with Gasteiger partial charge in [0.1, 0.15) is 5.69 Å². The molecule has 136 valence electrons. The summed E-state index contributed by atoms with van der Waals surface area (Å²) in [6.45, 7) is 3.30. The Morgan fingerprint density at radius 3 is 2.29 bits per heavy atom. The van der Waals surface area contributed by atoms with E-state index in [-0.39, 0.29) is 36.4 Å². The van der Waals surface area contributed by atoms with E-state index in [1.807, 2.05) is 0 Å². The van der Waals surface area contributed by atoms with Crippen LogP contribution in [0.5, 0.6) is 0 Å². The van der Waals surface area contributed by atoms with Gasteiger partial charge in [-0.15, -0.1) is 24.8 Å². The topological polar surface area (TPSA) is 45.2 Å². The van der Waals surface area contributed by atoms with Gasteiger partial charge in [0, 0.05) is 25.8 Å². The second-order valence-electron chi connectivity index (χ2n) is 6.15. The van der Waals surface area contributed by atoms with Gasteiger partial charge in [-0.3, -0.25) is 9.78 Å². The number of halogens is 5. The number of nitrogens with one attached hydrogen (secondary N) is 1. The number of carbonyl (C=O) groups is 1. The van der Waals surface area contributed by atoms with Gasteiger partial charge in [0.2, 0.25) is 0 Å². The van der Waals surface area contributed by atoms with Gasteiger partial charge in [0.15, 0.2) is 0 Å². The summed E-state index contributed by atoms with van der Waals surface area (Å²) >= 11 is 0. The van der Waals surface area contributed by atoms with Crippen LogP contribution in [-0.2, 0) is 6.18 Å². The maximum absolute atomic E-state index is 12.5. The first-order valence-corrected chi connectivity index (χ1v) is 7.43. The number of amides is 1. The lowest BCUT2D eigenvalue weighted by Crippen LogP contribution is -2.44. The van der Waals surface area contributed by atoms with Gasteiger partial charge in [0.25, 0.3) is 5.91 Å². The summed E-state index contributed by atoms with van der Waals surface area (Å²) in [6.07, 6.45) is -0.701. The molecule has 3 rings (SSSR count). The fraction of sp³-hybridized carbons (Fsp3) is 0.600. The summed E-state index contributed by atoms with van der Waals surface area (Å²) in [4.78, 5) is 17.7. The van der Waals surface area contributed by atoms with Crippen LogP contribution >= 0.6 is 24.8 Å². The van der Waals surface area contributed by atoms with Crippen molar-refractivity contribution in [1.29, 1.82) is 0 Å². The number of likely N-dealkylation sites (tertiary alicyclic amines) is 1. The van der Waals surface area contributed by atoms with Gasteiger partial charge in [-0.1, -0.05) is 0 Å². The molecule has 0 unspecified atom stereocenters. The van der Waals surface area contributed by atoms with Gasteiger partial charge in [0.05, 0.1) is 5.56 Å². The summed E-state index contributed by atoms with van der Waals surface area (Å²) in [7, 11) is 0. The predicted molar refractivity (Wildman–Crippen MR) is 88.8 cm³/mol. The van der Waals surface area contributed by atoms with Gasteiger partial charge < -0.3 is 10.2 Å². The molecule has 4 nitrogen and oxygen atoms in total. The summed E-state index contributed by atoms with van der Waals surface area (Å²) in [5.41, 5.74) is -0.461. The highest BCUT2D eigenvalue weighted by Crippen LogP contribution is 2.37. The average Bonchev–Trinajstić information content (AvgIpc) is 2.95. The minimum Gasteiger partial charge on any atom is -0.337 e. The quantitative estimate of drug-likeness (QED) is 0.807. The van der Waals surface area contributed by atoms with Gasteiger partial charge in [-0.2, -0.15) is 13.2 Å². The number of hydrogen-bond acceptors (Lipinski definition) is 3. The monoisotopic (exact) mass is 385 g/mol. The van der Waals surface area contributed by atoms with E-state index in [4.69, 9.17) is 0 Å². The molecule has 0 atom stereocenters. The number of rotatable bonds is 1. The van der Waals surface area contributed by atoms with E-state index < -0.39 is 11.7 Å². The first-order chi connectivity index (χ1) is 10.4. The van der Waals surface area contributed by atoms with Crippen molar-refractivity contribution in [3.05, 3.63) is 29.6 Å². The van der Waals surface area contributed by atoms with Crippen LogP contribution in [0, 0.1) is 5.41 Å². The Balaban J connectivity index is 0.00000144. The normalized spacial score (nSPS) is 19.5. The Labute approximate surface area is 151 Å². The van der Waals surface area contributed by atoms with Crippen molar-refractivity contribution >= 4 is 30.7 Å². The van der Waals surface area contributed by atoms with Crippen LogP contribution in [0.3, 0.4) is 0 Å². The largest absolute Gasteiger partial charge is 0.417 e. The van der Waals surface area contributed by atoms with Gasteiger partial charge in [-0.25, -0.2) is 0 Å². The highest BCUT2D eigenvalue weighted by molar-refractivity contribution is 5.92.